The quantitative estimate of drug-likeness (QED) is 0.297. The molecule has 1 N–H and O–H groups in total. The minimum atomic E-state index is -0.585. The molecule has 0 atom stereocenters. The van der Waals surface area contributed by atoms with Crippen LogP contribution in [0.25, 0.3) is 0 Å². The van der Waals surface area contributed by atoms with Crippen molar-refractivity contribution in [2.45, 2.75) is 6.92 Å². The highest BCUT2D eigenvalue weighted by Gasteiger charge is 2.14. The maximum Gasteiger partial charge on any atom is 0.354 e. The van der Waals surface area contributed by atoms with Crippen LogP contribution in [0.2, 0.25) is 5.02 Å². The monoisotopic (exact) mass is 455 g/mol. The molecule has 24 heavy (non-hydrogen) atoms. The maximum atomic E-state index is 12.4. The number of benzene rings is 2. The van der Waals surface area contributed by atoms with Crippen LogP contribution in [-0.2, 0) is 9.53 Å². The second-order valence-electron chi connectivity index (χ2n) is 4.78. The Balaban J connectivity index is 2.27. The normalized spacial score (nSPS) is 11.0. The lowest BCUT2D eigenvalue weighted by atomic mass is 10.1. The molecule has 0 aliphatic heterocycles. The van der Waals surface area contributed by atoms with Crippen LogP contribution in [0.15, 0.2) is 60.3 Å². The number of ketones is 1. The largest absolute Gasteiger partial charge is 0.461 e. The van der Waals surface area contributed by atoms with Crippen LogP contribution >= 0.6 is 34.2 Å². The van der Waals surface area contributed by atoms with Gasteiger partial charge in [-0.15, -0.1) is 0 Å². The van der Waals surface area contributed by atoms with Gasteiger partial charge in [0, 0.05) is 25.9 Å². The number of carbonyl (C=O) groups is 2. The van der Waals surface area contributed by atoms with Crippen molar-refractivity contribution in [3.8, 4) is 0 Å². The van der Waals surface area contributed by atoms with E-state index >= 15 is 0 Å². The highest BCUT2D eigenvalue weighted by molar-refractivity contribution is 14.1. The van der Waals surface area contributed by atoms with E-state index in [0.717, 1.165) is 3.57 Å². The van der Waals surface area contributed by atoms with E-state index < -0.39 is 5.97 Å². The average Bonchev–Trinajstić information content (AvgIpc) is 2.57. The van der Waals surface area contributed by atoms with Crippen molar-refractivity contribution in [3.63, 3.8) is 0 Å². The van der Waals surface area contributed by atoms with E-state index in [1.807, 2.05) is 24.3 Å². The average molecular weight is 456 g/mol. The number of esters is 1. The van der Waals surface area contributed by atoms with Gasteiger partial charge in [0.2, 0.25) is 0 Å². The summed E-state index contributed by atoms with van der Waals surface area (Å²) < 4.78 is 6.08. The zero-order valence-electron chi connectivity index (χ0n) is 12.9. The van der Waals surface area contributed by atoms with E-state index in [2.05, 4.69) is 27.9 Å². The minimum absolute atomic E-state index is 0.0815. The summed E-state index contributed by atoms with van der Waals surface area (Å²) in [7, 11) is 0. The van der Waals surface area contributed by atoms with Crippen LogP contribution in [-0.4, -0.2) is 18.4 Å². The van der Waals surface area contributed by atoms with Crippen LogP contribution in [0.5, 0.6) is 0 Å². The first-order valence-electron chi connectivity index (χ1n) is 7.21. The maximum absolute atomic E-state index is 12.4. The van der Waals surface area contributed by atoms with Gasteiger partial charge in [-0.1, -0.05) is 11.6 Å². The van der Waals surface area contributed by atoms with Crippen LogP contribution in [0.3, 0.4) is 0 Å². The van der Waals surface area contributed by atoms with Gasteiger partial charge in [-0.05, 0) is 78.0 Å². The fraction of sp³-hybridized carbons (Fsp3) is 0.111. The van der Waals surface area contributed by atoms with Crippen molar-refractivity contribution in [3.05, 3.63) is 74.5 Å². The predicted octanol–water partition coefficient (Wildman–Crippen LogP) is 4.69. The summed E-state index contributed by atoms with van der Waals surface area (Å²) in [5.74, 6) is -0.897. The van der Waals surface area contributed by atoms with Gasteiger partial charge in [-0.25, -0.2) is 4.79 Å². The molecule has 0 aromatic heterocycles. The summed E-state index contributed by atoms with van der Waals surface area (Å²) in [6.45, 7) is 1.93. The van der Waals surface area contributed by atoms with Gasteiger partial charge in [0.15, 0.2) is 5.78 Å². The summed E-state index contributed by atoms with van der Waals surface area (Å²) in [5.41, 5.74) is 1.21. The number of allylic oxidation sites excluding steroid dienone is 1. The Labute approximate surface area is 159 Å². The summed E-state index contributed by atoms with van der Waals surface area (Å²) in [4.78, 5) is 24.5. The number of rotatable bonds is 6. The first-order chi connectivity index (χ1) is 11.5. The van der Waals surface area contributed by atoms with Gasteiger partial charge in [0.25, 0.3) is 0 Å². The Morgan fingerprint density at radius 2 is 1.75 bits per heavy atom. The lowest BCUT2D eigenvalue weighted by Gasteiger charge is -2.10. The number of ether oxygens (including phenoxy) is 1. The van der Waals surface area contributed by atoms with E-state index in [9.17, 15) is 9.59 Å². The van der Waals surface area contributed by atoms with Crippen molar-refractivity contribution in [1.82, 2.24) is 0 Å². The summed E-state index contributed by atoms with van der Waals surface area (Å²) in [6.07, 6.45) is 1.24. The molecular weight excluding hydrogens is 441 g/mol. The highest BCUT2D eigenvalue weighted by Crippen LogP contribution is 2.16. The van der Waals surface area contributed by atoms with Crippen LogP contribution < -0.4 is 5.32 Å². The fourth-order valence-electron chi connectivity index (χ4n) is 1.87. The smallest absolute Gasteiger partial charge is 0.354 e. The molecule has 0 saturated heterocycles. The molecule has 4 nitrogen and oxygen atoms in total. The van der Waals surface area contributed by atoms with E-state index in [0.29, 0.717) is 16.3 Å². The van der Waals surface area contributed by atoms with Crippen molar-refractivity contribution in [1.29, 1.82) is 0 Å². The Morgan fingerprint density at radius 1 is 1.12 bits per heavy atom. The number of halogens is 2. The third kappa shape index (κ3) is 5.35. The zero-order valence-corrected chi connectivity index (χ0v) is 15.8. The Hall–Kier alpha value is -1.86. The Kier molecular flexibility index (Phi) is 6.81. The second kappa shape index (κ2) is 8.84. The molecule has 2 aromatic rings. The van der Waals surface area contributed by atoms with Gasteiger partial charge in [0.1, 0.15) is 5.70 Å². The minimum Gasteiger partial charge on any atom is -0.461 e. The number of anilines is 1. The second-order valence-corrected chi connectivity index (χ2v) is 6.46. The molecule has 0 radical (unpaired) electrons. The number of carbonyl (C=O) groups excluding carboxylic acids is 2. The van der Waals surface area contributed by atoms with Crippen molar-refractivity contribution in [2.24, 2.45) is 0 Å². The molecule has 0 heterocycles. The van der Waals surface area contributed by atoms with Gasteiger partial charge in [-0.2, -0.15) is 0 Å². The zero-order chi connectivity index (χ0) is 17.5. The van der Waals surface area contributed by atoms with Gasteiger partial charge in [0.05, 0.1) is 6.61 Å². The molecule has 6 heteroatoms. The van der Waals surface area contributed by atoms with E-state index in [-0.39, 0.29) is 18.1 Å². The molecule has 2 aromatic carbocycles. The third-order valence-corrected chi connectivity index (χ3v) is 3.99. The van der Waals surface area contributed by atoms with Crippen LogP contribution in [0, 0.1) is 3.57 Å². The molecule has 0 aliphatic carbocycles. The van der Waals surface area contributed by atoms with Gasteiger partial charge >= 0.3 is 5.97 Å². The molecule has 0 saturated carbocycles. The third-order valence-electron chi connectivity index (χ3n) is 3.02. The molecule has 0 unspecified atom stereocenters. The Bertz CT molecular complexity index is 755. The molecule has 0 fully saturated rings. The lowest BCUT2D eigenvalue weighted by molar-refractivity contribution is -0.138. The first kappa shape index (κ1) is 18.5. The van der Waals surface area contributed by atoms with E-state index in [1.54, 1.807) is 31.2 Å². The Morgan fingerprint density at radius 3 is 2.33 bits per heavy atom. The summed E-state index contributed by atoms with van der Waals surface area (Å²) in [6, 6.07) is 13.9. The van der Waals surface area contributed by atoms with Crippen molar-refractivity contribution >= 4 is 51.6 Å². The first-order valence-corrected chi connectivity index (χ1v) is 8.66. The van der Waals surface area contributed by atoms with Gasteiger partial charge in [-0.3, -0.25) is 4.79 Å². The number of hydrogen-bond acceptors (Lipinski definition) is 4. The van der Waals surface area contributed by atoms with E-state index in [4.69, 9.17) is 16.3 Å². The topological polar surface area (TPSA) is 55.4 Å². The standard InChI is InChI=1S/C18H15ClINO3/c1-2-24-18(23)16(21-15-9-7-14(20)8-10-15)11-17(22)12-3-5-13(19)6-4-12/h3-11,21H,2H2,1H3/b16-11+. The molecule has 124 valence electrons. The fourth-order valence-corrected chi connectivity index (χ4v) is 2.36. The molecular formula is C18H15ClINO3. The summed E-state index contributed by atoms with van der Waals surface area (Å²) >= 11 is 8.01. The van der Waals surface area contributed by atoms with Gasteiger partial charge < -0.3 is 10.1 Å². The van der Waals surface area contributed by atoms with Crippen molar-refractivity contribution < 1.29 is 14.3 Å². The molecule has 0 aliphatic rings. The van der Waals surface area contributed by atoms with Crippen LogP contribution in [0.4, 0.5) is 5.69 Å². The predicted molar refractivity (Wildman–Crippen MR) is 103 cm³/mol. The highest BCUT2D eigenvalue weighted by atomic mass is 127. The number of hydrogen-bond donors (Lipinski definition) is 1. The summed E-state index contributed by atoms with van der Waals surface area (Å²) in [5, 5.41) is 3.48. The molecule has 0 bridgehead atoms. The molecule has 0 amide bonds. The van der Waals surface area contributed by atoms with Crippen LogP contribution in [0.1, 0.15) is 17.3 Å². The van der Waals surface area contributed by atoms with E-state index in [1.165, 1.54) is 6.08 Å². The number of nitrogens with one attached hydrogen (secondary N) is 1. The SMILES string of the molecule is CCOC(=O)/C(=C\C(=O)c1ccc(Cl)cc1)Nc1ccc(I)cc1. The molecule has 2 rings (SSSR count). The van der Waals surface area contributed by atoms with Crippen molar-refractivity contribution in [2.75, 3.05) is 11.9 Å². The molecule has 0 spiro atoms. The lowest BCUT2D eigenvalue weighted by Crippen LogP contribution is -2.16.